The number of hydrogen-bond acceptors (Lipinski definition) is 8. The van der Waals surface area contributed by atoms with E-state index in [4.69, 9.17) is 36.3 Å². The minimum atomic E-state index is -4.34. The average molecular weight is 666 g/mol. The Morgan fingerprint density at radius 2 is 1.35 bits per heavy atom. The molecule has 0 aromatic heterocycles. The molecular weight excluding hydrogens is 635 g/mol. The molecule has 0 heterocycles. The lowest BCUT2D eigenvalue weighted by atomic mass is 10.0. The first-order chi connectivity index (χ1) is 20.4. The summed E-state index contributed by atoms with van der Waals surface area (Å²) in [5.74, 6) is 0.344. The fraction of sp³-hybridized carbons (Fsp3) is 0.258. The van der Waals surface area contributed by atoms with Crippen LogP contribution in [-0.4, -0.2) is 35.8 Å². The van der Waals surface area contributed by atoms with Gasteiger partial charge in [-0.1, -0.05) is 56.0 Å². The summed E-state index contributed by atoms with van der Waals surface area (Å²) in [6, 6.07) is 18.0. The van der Waals surface area contributed by atoms with Gasteiger partial charge in [-0.3, -0.25) is 13.2 Å². The topological polar surface area (TPSA) is 113 Å². The molecule has 0 bridgehead atoms. The number of carbonyl (C=O) groups is 1. The molecule has 4 aromatic rings. The van der Waals surface area contributed by atoms with Crippen molar-refractivity contribution in [1.29, 1.82) is 0 Å². The predicted octanol–water partition coefficient (Wildman–Crippen LogP) is 8.18. The third-order valence-electron chi connectivity index (χ3n) is 6.42. The number of unbranched alkanes of at least 4 members (excludes halogenated alkanes) is 2. The zero-order valence-electron chi connectivity index (χ0n) is 23.5. The van der Waals surface area contributed by atoms with Crippen LogP contribution in [0.15, 0.2) is 82.6 Å². The molecule has 0 atom stereocenters. The van der Waals surface area contributed by atoms with E-state index in [1.807, 2.05) is 13.8 Å². The Morgan fingerprint density at radius 1 is 0.721 bits per heavy atom. The van der Waals surface area contributed by atoms with Crippen LogP contribution in [0.2, 0.25) is 10.0 Å². The maximum atomic E-state index is 13.2. The number of carbonyl (C=O) groups excluding carboxylic acids is 1. The Kier molecular flexibility index (Phi) is 10.9. The molecule has 0 saturated heterocycles. The van der Waals surface area contributed by atoms with Crippen LogP contribution in [0.4, 0.5) is 0 Å². The van der Waals surface area contributed by atoms with Gasteiger partial charge >= 0.3 is 0 Å². The molecule has 4 aromatic carbocycles. The lowest BCUT2D eigenvalue weighted by Gasteiger charge is -2.14. The fourth-order valence-corrected chi connectivity index (χ4v) is 6.72. The van der Waals surface area contributed by atoms with Gasteiger partial charge in [0.15, 0.2) is 5.78 Å². The van der Waals surface area contributed by atoms with Gasteiger partial charge in [-0.2, -0.15) is 16.8 Å². The van der Waals surface area contributed by atoms with E-state index in [1.54, 1.807) is 48.5 Å². The number of fused-ring (bicyclic) bond motifs is 1. The first kappa shape index (κ1) is 32.9. The Labute approximate surface area is 261 Å². The van der Waals surface area contributed by atoms with Crippen molar-refractivity contribution in [1.82, 2.24) is 0 Å². The minimum absolute atomic E-state index is 0.0186. The normalized spacial score (nSPS) is 12.0. The van der Waals surface area contributed by atoms with E-state index < -0.39 is 20.2 Å². The molecular formula is C31H30Cl2O8S2. The molecule has 0 N–H and O–H groups in total. The van der Waals surface area contributed by atoms with Crippen LogP contribution in [-0.2, 0) is 28.6 Å². The Hall–Kier alpha value is -2.99. The van der Waals surface area contributed by atoms with E-state index in [2.05, 4.69) is 0 Å². The molecule has 0 aliphatic heterocycles. The van der Waals surface area contributed by atoms with Gasteiger partial charge in [0.25, 0.3) is 20.2 Å². The second-order valence-corrected chi connectivity index (χ2v) is 13.7. The van der Waals surface area contributed by atoms with Crippen molar-refractivity contribution >= 4 is 60.0 Å². The average Bonchev–Trinajstić information content (AvgIpc) is 2.98. The van der Waals surface area contributed by atoms with Crippen LogP contribution < -0.4 is 4.74 Å². The van der Waals surface area contributed by atoms with E-state index >= 15 is 0 Å². The molecule has 4 rings (SSSR count). The number of ether oxygens (including phenoxy) is 1. The van der Waals surface area contributed by atoms with Crippen molar-refractivity contribution in [3.63, 3.8) is 0 Å². The number of ketones is 1. The summed E-state index contributed by atoms with van der Waals surface area (Å²) in [6.07, 6.45) is 2.48. The van der Waals surface area contributed by atoms with E-state index in [-0.39, 0.29) is 50.5 Å². The number of halogens is 2. The summed E-state index contributed by atoms with van der Waals surface area (Å²) in [5, 5.41) is 1.21. The molecule has 0 fully saturated rings. The number of hydrogen-bond donors (Lipinski definition) is 0. The second-order valence-electron chi connectivity index (χ2n) is 9.64. The second kappa shape index (κ2) is 14.2. The molecule has 0 spiro atoms. The molecule has 0 unspecified atom stereocenters. The molecule has 0 saturated carbocycles. The van der Waals surface area contributed by atoms with E-state index in [1.165, 1.54) is 18.2 Å². The van der Waals surface area contributed by atoms with Crippen LogP contribution in [0.25, 0.3) is 10.8 Å². The highest BCUT2D eigenvalue weighted by atomic mass is 35.5. The maximum Gasteiger partial charge on any atom is 0.297 e. The lowest BCUT2D eigenvalue weighted by Crippen LogP contribution is -2.12. The molecule has 0 aliphatic rings. The summed E-state index contributed by atoms with van der Waals surface area (Å²) in [7, 11) is -8.56. The van der Waals surface area contributed by atoms with Gasteiger partial charge in [-0.15, -0.1) is 0 Å². The van der Waals surface area contributed by atoms with Gasteiger partial charge in [0, 0.05) is 21.5 Å². The third-order valence-corrected chi connectivity index (χ3v) is 9.63. The zero-order valence-corrected chi connectivity index (χ0v) is 26.7. The van der Waals surface area contributed by atoms with E-state index in [9.17, 15) is 21.6 Å². The van der Waals surface area contributed by atoms with Crippen molar-refractivity contribution in [2.45, 2.75) is 49.3 Å². The first-order valence-corrected chi connectivity index (χ1v) is 17.2. The van der Waals surface area contributed by atoms with Crippen LogP contribution in [0.1, 0.15) is 55.5 Å². The highest BCUT2D eigenvalue weighted by Crippen LogP contribution is 2.34. The monoisotopic (exact) mass is 664 g/mol. The van der Waals surface area contributed by atoms with E-state index in [0.717, 1.165) is 12.5 Å². The largest absolute Gasteiger partial charge is 0.457 e. The summed E-state index contributed by atoms with van der Waals surface area (Å²) < 4.78 is 68.5. The highest BCUT2D eigenvalue weighted by Gasteiger charge is 2.25. The Bertz CT molecular complexity index is 1840. The van der Waals surface area contributed by atoms with Crippen LogP contribution in [0.3, 0.4) is 0 Å². The molecule has 228 valence electrons. The smallest absolute Gasteiger partial charge is 0.297 e. The van der Waals surface area contributed by atoms with Crippen molar-refractivity contribution in [3.8, 4) is 11.5 Å². The van der Waals surface area contributed by atoms with Gasteiger partial charge in [0.05, 0.1) is 23.1 Å². The summed E-state index contributed by atoms with van der Waals surface area (Å²) in [5.41, 5.74) is 0.631. The Balaban J connectivity index is 1.68. The SMILES string of the molecule is CCCCOS(=O)(=O)c1cc(S(=O)(=O)OCCCC)c2cc(Oc3ccc(C(=O)c4cc(Cl)ccc4Cl)cc3)ccc2c1. The van der Waals surface area contributed by atoms with Gasteiger partial charge in [0.2, 0.25) is 0 Å². The molecule has 43 heavy (non-hydrogen) atoms. The summed E-state index contributed by atoms with van der Waals surface area (Å²) >= 11 is 12.2. The minimum Gasteiger partial charge on any atom is -0.457 e. The van der Waals surface area contributed by atoms with Crippen molar-refractivity contribution in [2.24, 2.45) is 0 Å². The van der Waals surface area contributed by atoms with Crippen LogP contribution >= 0.6 is 23.2 Å². The molecule has 8 nitrogen and oxygen atoms in total. The highest BCUT2D eigenvalue weighted by molar-refractivity contribution is 7.87. The molecule has 12 heteroatoms. The van der Waals surface area contributed by atoms with Gasteiger partial charge < -0.3 is 4.74 Å². The number of rotatable bonds is 14. The fourth-order valence-electron chi connectivity index (χ4n) is 4.09. The first-order valence-electron chi connectivity index (χ1n) is 13.6. The van der Waals surface area contributed by atoms with Gasteiger partial charge in [-0.05, 0) is 85.0 Å². The quantitative estimate of drug-likeness (QED) is 0.0753. The van der Waals surface area contributed by atoms with Crippen molar-refractivity contribution in [3.05, 3.63) is 94.0 Å². The lowest BCUT2D eigenvalue weighted by molar-refractivity contribution is 0.103. The van der Waals surface area contributed by atoms with Crippen LogP contribution in [0.5, 0.6) is 11.5 Å². The van der Waals surface area contributed by atoms with Gasteiger partial charge in [-0.25, -0.2) is 0 Å². The summed E-state index contributed by atoms with van der Waals surface area (Å²) in [6.45, 7) is 3.72. The zero-order chi connectivity index (χ0) is 31.2. The van der Waals surface area contributed by atoms with E-state index in [0.29, 0.717) is 41.0 Å². The van der Waals surface area contributed by atoms with Gasteiger partial charge in [0.1, 0.15) is 16.4 Å². The molecule has 0 aliphatic carbocycles. The standard InChI is InChI=1S/C31H30Cl2O8S2/c1-3-5-15-39-42(35,36)26-17-22-9-13-25(19-27(22)30(20-26)43(37,38)40-16-6-4-2)41-24-11-7-21(8-12-24)31(34)28-18-23(32)10-14-29(28)33/h7-14,17-20H,3-6,15-16H2,1-2H3. The number of benzene rings is 4. The Morgan fingerprint density at radius 3 is 2.00 bits per heavy atom. The maximum absolute atomic E-state index is 13.2. The predicted molar refractivity (Wildman–Crippen MR) is 166 cm³/mol. The van der Waals surface area contributed by atoms with Crippen LogP contribution in [0, 0.1) is 0 Å². The van der Waals surface area contributed by atoms with Crippen molar-refractivity contribution < 1.29 is 34.7 Å². The molecule has 0 amide bonds. The van der Waals surface area contributed by atoms with Crippen molar-refractivity contribution in [2.75, 3.05) is 13.2 Å². The molecule has 0 radical (unpaired) electrons. The summed E-state index contributed by atoms with van der Waals surface area (Å²) in [4.78, 5) is 12.3. The third kappa shape index (κ3) is 8.14.